The van der Waals surface area contributed by atoms with E-state index in [1.54, 1.807) is 10.9 Å². The smallest absolute Gasteiger partial charge is 0.244 e. The standard InChI is InChI=1S/C20H29N5O/c1-20(2)15-24(10-11-25(20)13-16-8-6-5-7-9-16)19(26)18(21-3)17-12-22-23(4)14-17/h5-9,12,14,18,21H,10-11,13,15H2,1-4H3. The zero-order valence-corrected chi connectivity index (χ0v) is 16.1. The van der Waals surface area contributed by atoms with Crippen LogP contribution >= 0.6 is 0 Å². The molecule has 1 aromatic carbocycles. The molecule has 1 amide bonds. The van der Waals surface area contributed by atoms with E-state index < -0.39 is 0 Å². The summed E-state index contributed by atoms with van der Waals surface area (Å²) in [6.45, 7) is 7.68. The third-order valence-corrected chi connectivity index (χ3v) is 5.20. The molecule has 140 valence electrons. The van der Waals surface area contributed by atoms with Gasteiger partial charge in [-0.25, -0.2) is 0 Å². The minimum atomic E-state index is -0.347. The maximum Gasteiger partial charge on any atom is 0.244 e. The molecular formula is C20H29N5O. The summed E-state index contributed by atoms with van der Waals surface area (Å²) in [5, 5.41) is 7.35. The lowest BCUT2D eigenvalue weighted by Gasteiger charge is -2.47. The first-order chi connectivity index (χ1) is 12.4. The van der Waals surface area contributed by atoms with Gasteiger partial charge in [-0.05, 0) is 26.5 Å². The Morgan fingerprint density at radius 1 is 1.27 bits per heavy atom. The van der Waals surface area contributed by atoms with Crippen molar-refractivity contribution >= 4 is 5.91 Å². The Bertz CT molecular complexity index is 740. The molecule has 2 aromatic rings. The van der Waals surface area contributed by atoms with E-state index in [1.807, 2.05) is 31.3 Å². The van der Waals surface area contributed by atoms with Crippen molar-refractivity contribution in [3.63, 3.8) is 0 Å². The fourth-order valence-electron chi connectivity index (χ4n) is 3.68. The minimum Gasteiger partial charge on any atom is -0.338 e. The van der Waals surface area contributed by atoms with Gasteiger partial charge in [0.15, 0.2) is 0 Å². The molecular weight excluding hydrogens is 326 g/mol. The summed E-state index contributed by atoms with van der Waals surface area (Å²) in [6, 6.07) is 10.2. The Morgan fingerprint density at radius 2 is 2.00 bits per heavy atom. The van der Waals surface area contributed by atoms with Crippen molar-refractivity contribution in [1.29, 1.82) is 0 Å². The number of likely N-dealkylation sites (N-methyl/N-ethyl adjacent to an activating group) is 1. The number of rotatable bonds is 5. The molecule has 0 aliphatic carbocycles. The second-order valence-corrected chi connectivity index (χ2v) is 7.65. The fourth-order valence-corrected chi connectivity index (χ4v) is 3.68. The van der Waals surface area contributed by atoms with Crippen molar-refractivity contribution in [2.24, 2.45) is 7.05 Å². The monoisotopic (exact) mass is 355 g/mol. The Hall–Kier alpha value is -2.18. The first kappa shape index (κ1) is 18.6. The zero-order valence-electron chi connectivity index (χ0n) is 16.1. The first-order valence-electron chi connectivity index (χ1n) is 9.14. The number of aryl methyl sites for hydroxylation is 1. The quantitative estimate of drug-likeness (QED) is 0.889. The molecule has 0 radical (unpaired) electrons. The normalized spacial score (nSPS) is 18.7. The topological polar surface area (TPSA) is 53.4 Å². The molecule has 1 fully saturated rings. The highest BCUT2D eigenvalue weighted by atomic mass is 16.2. The number of benzene rings is 1. The van der Waals surface area contributed by atoms with Gasteiger partial charge in [0.25, 0.3) is 0 Å². The molecule has 1 N–H and O–H groups in total. The van der Waals surface area contributed by atoms with Gasteiger partial charge >= 0.3 is 0 Å². The van der Waals surface area contributed by atoms with Crippen molar-refractivity contribution in [1.82, 2.24) is 24.9 Å². The second kappa shape index (κ2) is 7.60. The summed E-state index contributed by atoms with van der Waals surface area (Å²) in [5.74, 6) is 0.118. The van der Waals surface area contributed by atoms with Crippen molar-refractivity contribution in [3.05, 3.63) is 53.9 Å². The molecule has 1 saturated heterocycles. The van der Waals surface area contributed by atoms with E-state index in [-0.39, 0.29) is 17.5 Å². The van der Waals surface area contributed by atoms with Crippen LogP contribution in [0.25, 0.3) is 0 Å². The number of amides is 1. The average molecular weight is 355 g/mol. The zero-order chi connectivity index (χ0) is 18.7. The average Bonchev–Trinajstić information content (AvgIpc) is 3.04. The van der Waals surface area contributed by atoms with E-state index >= 15 is 0 Å². The molecule has 0 bridgehead atoms. The van der Waals surface area contributed by atoms with Crippen molar-refractivity contribution < 1.29 is 4.79 Å². The Kier molecular flexibility index (Phi) is 5.44. The van der Waals surface area contributed by atoms with Crippen LogP contribution in [0.4, 0.5) is 0 Å². The predicted molar refractivity (Wildman–Crippen MR) is 103 cm³/mol. The van der Waals surface area contributed by atoms with E-state index in [0.717, 1.165) is 31.7 Å². The van der Waals surface area contributed by atoms with Gasteiger partial charge in [0.05, 0.1) is 6.20 Å². The van der Waals surface area contributed by atoms with Gasteiger partial charge in [0.2, 0.25) is 5.91 Å². The summed E-state index contributed by atoms with van der Waals surface area (Å²) < 4.78 is 1.73. The van der Waals surface area contributed by atoms with E-state index in [0.29, 0.717) is 0 Å². The van der Waals surface area contributed by atoms with E-state index in [1.165, 1.54) is 5.56 Å². The van der Waals surface area contributed by atoms with Crippen molar-refractivity contribution in [2.45, 2.75) is 32.0 Å². The summed E-state index contributed by atoms with van der Waals surface area (Å²) in [5.41, 5.74) is 2.14. The van der Waals surface area contributed by atoms with Gasteiger partial charge in [-0.15, -0.1) is 0 Å². The number of hydrogen-bond acceptors (Lipinski definition) is 4. The molecule has 6 nitrogen and oxygen atoms in total. The molecule has 1 aromatic heterocycles. The molecule has 0 spiro atoms. The number of aromatic nitrogens is 2. The van der Waals surface area contributed by atoms with E-state index in [9.17, 15) is 4.79 Å². The third-order valence-electron chi connectivity index (χ3n) is 5.20. The Morgan fingerprint density at radius 3 is 2.58 bits per heavy atom. The highest BCUT2D eigenvalue weighted by Crippen LogP contribution is 2.25. The number of nitrogens with one attached hydrogen (secondary N) is 1. The maximum atomic E-state index is 13.1. The number of nitrogens with zero attached hydrogens (tertiary/aromatic N) is 4. The van der Waals surface area contributed by atoms with E-state index in [4.69, 9.17) is 0 Å². The van der Waals surface area contributed by atoms with Crippen LogP contribution in [-0.2, 0) is 18.4 Å². The lowest BCUT2D eigenvalue weighted by molar-refractivity contribution is -0.138. The van der Waals surface area contributed by atoms with Crippen LogP contribution in [0, 0.1) is 0 Å². The summed E-state index contributed by atoms with van der Waals surface area (Å²) in [6.07, 6.45) is 3.66. The highest BCUT2D eigenvalue weighted by Gasteiger charge is 2.37. The largest absolute Gasteiger partial charge is 0.338 e. The molecule has 2 heterocycles. The van der Waals surface area contributed by atoms with Crippen LogP contribution in [-0.4, -0.2) is 57.7 Å². The number of piperazine rings is 1. The Labute approximate surface area is 155 Å². The van der Waals surface area contributed by atoms with Gasteiger partial charge in [-0.1, -0.05) is 30.3 Å². The molecule has 6 heteroatoms. The van der Waals surface area contributed by atoms with Crippen molar-refractivity contribution in [2.75, 3.05) is 26.7 Å². The molecule has 1 atom stereocenters. The predicted octanol–water partition coefficient (Wildman–Crippen LogP) is 1.80. The van der Waals surface area contributed by atoms with Crippen LogP contribution < -0.4 is 5.32 Å². The van der Waals surface area contributed by atoms with Gasteiger partial charge < -0.3 is 10.2 Å². The van der Waals surface area contributed by atoms with Crippen molar-refractivity contribution in [3.8, 4) is 0 Å². The minimum absolute atomic E-state index is 0.0724. The van der Waals surface area contributed by atoms with E-state index in [2.05, 4.69) is 53.4 Å². The summed E-state index contributed by atoms with van der Waals surface area (Å²) >= 11 is 0. The van der Waals surface area contributed by atoms with Crippen LogP contribution in [0.3, 0.4) is 0 Å². The van der Waals surface area contributed by atoms with Crippen LogP contribution in [0.5, 0.6) is 0 Å². The molecule has 1 aliphatic rings. The molecule has 26 heavy (non-hydrogen) atoms. The fraction of sp³-hybridized carbons (Fsp3) is 0.500. The second-order valence-electron chi connectivity index (χ2n) is 7.65. The highest BCUT2D eigenvalue weighted by molar-refractivity contribution is 5.83. The summed E-state index contributed by atoms with van der Waals surface area (Å²) in [4.78, 5) is 17.5. The maximum absolute atomic E-state index is 13.1. The van der Waals surface area contributed by atoms with Crippen LogP contribution in [0.1, 0.15) is 31.0 Å². The van der Waals surface area contributed by atoms with Gasteiger partial charge in [0.1, 0.15) is 6.04 Å². The first-order valence-corrected chi connectivity index (χ1v) is 9.14. The SMILES string of the molecule is CNC(C(=O)N1CCN(Cc2ccccc2)C(C)(C)C1)c1cnn(C)c1. The number of hydrogen-bond donors (Lipinski definition) is 1. The molecule has 3 rings (SSSR count). The third kappa shape index (κ3) is 3.97. The number of carbonyl (C=O) groups excluding carboxylic acids is 1. The molecule has 0 saturated carbocycles. The summed E-state index contributed by atoms with van der Waals surface area (Å²) in [7, 11) is 3.69. The Balaban J connectivity index is 1.69. The molecule has 1 unspecified atom stereocenters. The molecule has 1 aliphatic heterocycles. The number of carbonyl (C=O) groups is 1. The van der Waals surface area contributed by atoms with Gasteiger partial charge in [-0.2, -0.15) is 5.10 Å². The van der Waals surface area contributed by atoms with Crippen LogP contribution in [0.15, 0.2) is 42.7 Å². The van der Waals surface area contributed by atoms with Gasteiger partial charge in [-0.3, -0.25) is 14.4 Å². The van der Waals surface area contributed by atoms with Gasteiger partial charge in [0, 0.05) is 50.5 Å². The lowest BCUT2D eigenvalue weighted by atomic mass is 9.96. The lowest BCUT2D eigenvalue weighted by Crippen LogP contribution is -2.61. The van der Waals surface area contributed by atoms with Crippen LogP contribution in [0.2, 0.25) is 0 Å².